The van der Waals surface area contributed by atoms with Crippen LogP contribution in [-0.4, -0.2) is 68.1 Å². The lowest BCUT2D eigenvalue weighted by molar-refractivity contribution is 0.148. The van der Waals surface area contributed by atoms with Crippen molar-refractivity contribution in [1.82, 2.24) is 0 Å². The fourth-order valence-corrected chi connectivity index (χ4v) is 1.14. The molecule has 0 N–H and O–H groups in total. The molecule has 0 aliphatic heterocycles. The molecule has 0 heterocycles. The van der Waals surface area contributed by atoms with Crippen molar-refractivity contribution in [2.75, 3.05) is 68.1 Å². The maximum atomic E-state index is 4.98. The van der Waals surface area contributed by atoms with Gasteiger partial charge in [0, 0.05) is 68.1 Å². The first-order chi connectivity index (χ1) is 13.4. The van der Waals surface area contributed by atoms with Crippen molar-refractivity contribution < 1.29 is 23.7 Å². The van der Waals surface area contributed by atoms with Crippen LogP contribution in [-0.2, 0) is 23.7 Å². The Bertz CT molecular complexity index is 158. The molecule has 0 radical (unpaired) electrons. The van der Waals surface area contributed by atoms with Crippen LogP contribution >= 0.6 is 0 Å². The van der Waals surface area contributed by atoms with Crippen LogP contribution in [0.4, 0.5) is 0 Å². The molecule has 0 aromatic rings. The number of hydrogen-bond donors (Lipinski definition) is 0. The van der Waals surface area contributed by atoms with Crippen molar-refractivity contribution in [3.05, 3.63) is 0 Å². The highest BCUT2D eigenvalue weighted by Gasteiger charge is 1.89. The zero-order valence-electron chi connectivity index (χ0n) is 21.4. The van der Waals surface area contributed by atoms with Gasteiger partial charge < -0.3 is 23.7 Å². The van der Waals surface area contributed by atoms with Gasteiger partial charge in [-0.1, -0.05) is 41.0 Å². The summed E-state index contributed by atoms with van der Waals surface area (Å²) in [5.41, 5.74) is 0. The fraction of sp³-hybridized carbons (Fsp3) is 1.00. The molecule has 28 heavy (non-hydrogen) atoms. The molecule has 0 amide bonds. The van der Waals surface area contributed by atoms with Gasteiger partial charge in [-0.05, 0) is 45.4 Å². The summed E-state index contributed by atoms with van der Waals surface area (Å²) in [5.74, 6) is 0.778. The number of hydrogen-bond acceptors (Lipinski definition) is 5. The van der Waals surface area contributed by atoms with Crippen LogP contribution in [0.15, 0.2) is 0 Å². The second-order valence-electron chi connectivity index (χ2n) is 6.29. The second kappa shape index (κ2) is 50.5. The van der Waals surface area contributed by atoms with E-state index in [-0.39, 0.29) is 0 Å². The monoisotopic (exact) mass is 412 g/mol. The quantitative estimate of drug-likeness (QED) is 0.355. The lowest BCUT2D eigenvalue weighted by Gasteiger charge is -1.99. The molecule has 178 valence electrons. The van der Waals surface area contributed by atoms with Crippen LogP contribution in [0.2, 0.25) is 0 Å². The van der Waals surface area contributed by atoms with E-state index in [2.05, 4.69) is 39.4 Å². The van der Waals surface area contributed by atoms with E-state index in [1.807, 2.05) is 13.8 Å². The summed E-state index contributed by atoms with van der Waals surface area (Å²) in [6, 6.07) is 0. The van der Waals surface area contributed by atoms with Crippen LogP contribution in [0, 0.1) is 5.92 Å². The largest absolute Gasteiger partial charge is 0.385 e. The first-order valence-corrected chi connectivity index (χ1v) is 11.0. The zero-order chi connectivity index (χ0) is 22.9. The minimum atomic E-state index is 0.778. The van der Waals surface area contributed by atoms with E-state index < -0.39 is 0 Å². The van der Waals surface area contributed by atoms with Gasteiger partial charge in [-0.15, -0.1) is 0 Å². The van der Waals surface area contributed by atoms with Crippen molar-refractivity contribution in [3.8, 4) is 0 Å². The van der Waals surface area contributed by atoms with E-state index in [0.717, 1.165) is 58.4 Å². The lowest BCUT2D eigenvalue weighted by Crippen LogP contribution is -1.93. The van der Waals surface area contributed by atoms with E-state index in [1.54, 1.807) is 28.4 Å². The molecule has 0 aromatic carbocycles. The molecule has 0 spiro atoms. The minimum absolute atomic E-state index is 0.778. The minimum Gasteiger partial charge on any atom is -0.385 e. The third-order valence-corrected chi connectivity index (χ3v) is 2.85. The van der Waals surface area contributed by atoms with Crippen molar-refractivity contribution in [3.63, 3.8) is 0 Å². The van der Waals surface area contributed by atoms with Gasteiger partial charge in [0.2, 0.25) is 0 Å². The van der Waals surface area contributed by atoms with E-state index >= 15 is 0 Å². The summed E-state index contributed by atoms with van der Waals surface area (Å²) in [6.45, 7) is 20.0. The van der Waals surface area contributed by atoms with Crippen LogP contribution in [0.1, 0.15) is 80.6 Å². The molecule has 0 saturated heterocycles. The summed E-state index contributed by atoms with van der Waals surface area (Å²) < 4.78 is 23.9. The van der Waals surface area contributed by atoms with Crippen LogP contribution in [0.25, 0.3) is 0 Å². The predicted molar refractivity (Wildman–Crippen MR) is 125 cm³/mol. The van der Waals surface area contributed by atoms with Gasteiger partial charge in [0.25, 0.3) is 0 Å². The second-order valence-corrected chi connectivity index (χ2v) is 6.29. The highest BCUT2D eigenvalue weighted by molar-refractivity contribution is 4.40. The molecule has 0 saturated carbocycles. The first kappa shape index (κ1) is 38.4. The molecule has 0 aromatic heterocycles. The molecule has 0 rings (SSSR count). The Morgan fingerprint density at radius 1 is 0.536 bits per heavy atom. The van der Waals surface area contributed by atoms with Crippen molar-refractivity contribution >= 4 is 0 Å². The third-order valence-electron chi connectivity index (χ3n) is 2.85. The third kappa shape index (κ3) is 96.9. The van der Waals surface area contributed by atoms with Crippen molar-refractivity contribution in [2.45, 2.75) is 80.6 Å². The highest BCUT2D eigenvalue weighted by Crippen LogP contribution is 1.96. The highest BCUT2D eigenvalue weighted by atomic mass is 16.5. The molecular weight excluding hydrogens is 356 g/mol. The van der Waals surface area contributed by atoms with Crippen molar-refractivity contribution in [1.29, 1.82) is 0 Å². The van der Waals surface area contributed by atoms with Gasteiger partial charge in [0.05, 0.1) is 0 Å². The molecule has 0 bridgehead atoms. The zero-order valence-corrected chi connectivity index (χ0v) is 21.4. The van der Waals surface area contributed by atoms with Crippen molar-refractivity contribution in [2.24, 2.45) is 5.92 Å². The van der Waals surface area contributed by atoms with Gasteiger partial charge in [-0.3, -0.25) is 0 Å². The Hall–Kier alpha value is -0.200. The smallest absolute Gasteiger partial charge is 0.0464 e. The summed E-state index contributed by atoms with van der Waals surface area (Å²) in [4.78, 5) is 0. The standard InChI is InChI=1S/C6H14O.2C5H12O.C4H10O.C3H8O/c1-6(2)4-5-7-3;1-3-4-5-6-2;1-3-5-6-4-2;1-3-4-5-2;1-3-4-2/h6H,4-5H2,1-3H3;2*3-5H2,1-2H3;3-4H2,1-2H3;3H2,1-2H3. The number of ether oxygens (including phenoxy) is 5. The molecule has 0 aliphatic carbocycles. The van der Waals surface area contributed by atoms with Gasteiger partial charge in [-0.2, -0.15) is 0 Å². The Balaban J connectivity index is -0.0000000797. The summed E-state index contributed by atoms with van der Waals surface area (Å²) in [5, 5.41) is 0. The Labute approximate surface area is 178 Å². The number of unbranched alkanes of at least 4 members (excludes halogenated alkanes) is 1. The molecule has 0 unspecified atom stereocenters. The summed E-state index contributed by atoms with van der Waals surface area (Å²) in [7, 11) is 6.86. The molecular formula is C23H56O5. The maximum absolute atomic E-state index is 4.98. The Morgan fingerprint density at radius 3 is 1.11 bits per heavy atom. The fourth-order valence-electron chi connectivity index (χ4n) is 1.14. The predicted octanol–water partition coefficient (Wildman–Crippen LogP) is 6.24. The topological polar surface area (TPSA) is 46.2 Å². The lowest BCUT2D eigenvalue weighted by atomic mass is 10.1. The first-order valence-electron chi connectivity index (χ1n) is 11.0. The molecule has 0 atom stereocenters. The summed E-state index contributed by atoms with van der Waals surface area (Å²) >= 11 is 0. The average Bonchev–Trinajstić information content (AvgIpc) is 2.71. The van der Waals surface area contributed by atoms with E-state index in [9.17, 15) is 0 Å². The molecule has 0 aliphatic rings. The van der Waals surface area contributed by atoms with Crippen LogP contribution < -0.4 is 0 Å². The normalized spacial score (nSPS) is 9.00. The number of rotatable bonds is 12. The summed E-state index contributed by atoms with van der Waals surface area (Å²) in [6.07, 6.45) is 5.85. The SMILES string of the molecule is CCCCOC.CCCOC.CCCOCC.CCOC.COCCC(C)C. The Kier molecular flexibility index (Phi) is 69.2. The maximum Gasteiger partial charge on any atom is 0.0464 e. The molecule has 5 nitrogen and oxygen atoms in total. The van der Waals surface area contributed by atoms with Crippen LogP contribution in [0.5, 0.6) is 0 Å². The van der Waals surface area contributed by atoms with Gasteiger partial charge in [-0.25, -0.2) is 0 Å². The van der Waals surface area contributed by atoms with E-state index in [0.29, 0.717) is 0 Å². The average molecular weight is 413 g/mol. The molecule has 0 fully saturated rings. The van der Waals surface area contributed by atoms with E-state index in [1.165, 1.54) is 19.3 Å². The van der Waals surface area contributed by atoms with Gasteiger partial charge in [0.1, 0.15) is 0 Å². The van der Waals surface area contributed by atoms with Crippen LogP contribution in [0.3, 0.4) is 0 Å². The number of methoxy groups -OCH3 is 4. The van der Waals surface area contributed by atoms with Gasteiger partial charge in [0.15, 0.2) is 0 Å². The van der Waals surface area contributed by atoms with Gasteiger partial charge >= 0.3 is 0 Å². The Morgan fingerprint density at radius 2 is 1.00 bits per heavy atom. The molecule has 5 heteroatoms. The van der Waals surface area contributed by atoms with E-state index in [4.69, 9.17) is 18.9 Å².